The van der Waals surface area contributed by atoms with Crippen LogP contribution in [0.5, 0.6) is 0 Å². The maximum Gasteiger partial charge on any atom is 0.347 e. The van der Waals surface area contributed by atoms with Crippen molar-refractivity contribution in [2.75, 3.05) is 6.54 Å². The molecule has 1 saturated carbocycles. The molecule has 5 nitrogen and oxygen atoms in total. The molecule has 1 heterocycles. The van der Waals surface area contributed by atoms with Gasteiger partial charge in [0.05, 0.1) is 0 Å². The Kier molecular flexibility index (Phi) is 3.72. The van der Waals surface area contributed by atoms with Crippen LogP contribution in [0.2, 0.25) is 0 Å². The number of nitrogens with one attached hydrogen (secondary N) is 1. The Morgan fingerprint density at radius 1 is 1.53 bits per heavy atom. The second-order valence-corrected chi connectivity index (χ2v) is 7.91. The second-order valence-electron chi connectivity index (χ2n) is 5.26. The van der Waals surface area contributed by atoms with E-state index in [1.54, 1.807) is 0 Å². The summed E-state index contributed by atoms with van der Waals surface area (Å²) in [4.78, 5) is 10.7. The maximum absolute atomic E-state index is 12.1. The number of carbonyl (C=O) groups is 1. The van der Waals surface area contributed by atoms with Crippen LogP contribution in [-0.4, -0.2) is 26.0 Å². The molecule has 2 rings (SSSR count). The minimum Gasteiger partial charge on any atom is -0.477 e. The molecule has 1 aliphatic carbocycles. The summed E-state index contributed by atoms with van der Waals surface area (Å²) < 4.78 is 26.9. The smallest absolute Gasteiger partial charge is 0.347 e. The first-order valence-electron chi connectivity index (χ1n) is 6.09. The van der Waals surface area contributed by atoms with E-state index in [9.17, 15) is 13.2 Å². The Morgan fingerprint density at radius 2 is 2.16 bits per heavy atom. The minimum atomic E-state index is -3.74. The highest BCUT2D eigenvalue weighted by atomic mass is 32.2. The van der Waals surface area contributed by atoms with Crippen LogP contribution in [-0.2, 0) is 10.0 Å². The van der Waals surface area contributed by atoms with Gasteiger partial charge in [-0.15, -0.1) is 11.3 Å². The van der Waals surface area contributed by atoms with E-state index >= 15 is 0 Å². The first-order valence-corrected chi connectivity index (χ1v) is 8.45. The van der Waals surface area contributed by atoms with Gasteiger partial charge in [0.15, 0.2) is 0 Å². The standard InChI is InChI=1S/C12H17NO4S2/c1-8(2)12(4-5-12)7-13-19(16,17)9-3-6-18-10(9)11(14)15/h3,6,8,13H,4-5,7H2,1-2H3,(H,14,15). The van der Waals surface area contributed by atoms with Crippen LogP contribution in [0.4, 0.5) is 0 Å². The number of hydrogen-bond acceptors (Lipinski definition) is 4. The monoisotopic (exact) mass is 303 g/mol. The summed E-state index contributed by atoms with van der Waals surface area (Å²) in [5, 5.41) is 10.4. The molecule has 0 atom stereocenters. The van der Waals surface area contributed by atoms with Crippen molar-refractivity contribution in [3.63, 3.8) is 0 Å². The van der Waals surface area contributed by atoms with Gasteiger partial charge in [0.1, 0.15) is 9.77 Å². The van der Waals surface area contributed by atoms with E-state index in [2.05, 4.69) is 18.6 Å². The Hall–Kier alpha value is -0.920. The van der Waals surface area contributed by atoms with E-state index in [0.717, 1.165) is 24.2 Å². The summed E-state index contributed by atoms with van der Waals surface area (Å²) in [6.07, 6.45) is 2.03. The molecule has 0 amide bonds. The normalized spacial score (nSPS) is 17.6. The molecule has 1 aromatic rings. The third-order valence-electron chi connectivity index (χ3n) is 3.84. The molecule has 0 spiro atoms. The number of carboxylic acids is 1. The largest absolute Gasteiger partial charge is 0.477 e. The van der Waals surface area contributed by atoms with Gasteiger partial charge in [-0.2, -0.15) is 0 Å². The average Bonchev–Trinajstić information content (AvgIpc) is 2.94. The molecule has 106 valence electrons. The van der Waals surface area contributed by atoms with Crippen molar-refractivity contribution in [2.24, 2.45) is 11.3 Å². The predicted octanol–water partition coefficient (Wildman–Crippen LogP) is 2.16. The van der Waals surface area contributed by atoms with Crippen LogP contribution in [0, 0.1) is 11.3 Å². The Labute approximate surface area is 116 Å². The van der Waals surface area contributed by atoms with Gasteiger partial charge in [0.2, 0.25) is 10.0 Å². The summed E-state index contributed by atoms with van der Waals surface area (Å²) in [5.74, 6) is -0.794. The fraction of sp³-hybridized carbons (Fsp3) is 0.583. The van der Waals surface area contributed by atoms with E-state index in [4.69, 9.17) is 5.11 Å². The lowest BCUT2D eigenvalue weighted by molar-refractivity contribution is 0.0698. The van der Waals surface area contributed by atoms with E-state index < -0.39 is 16.0 Å². The SMILES string of the molecule is CC(C)C1(CNS(=O)(=O)c2ccsc2C(=O)O)CC1. The van der Waals surface area contributed by atoms with E-state index in [1.165, 1.54) is 11.4 Å². The molecule has 19 heavy (non-hydrogen) atoms. The summed E-state index contributed by atoms with van der Waals surface area (Å²) in [5.41, 5.74) is 0.0481. The molecule has 1 aliphatic rings. The van der Waals surface area contributed by atoms with Gasteiger partial charge in [-0.1, -0.05) is 13.8 Å². The van der Waals surface area contributed by atoms with Gasteiger partial charge in [-0.3, -0.25) is 0 Å². The van der Waals surface area contributed by atoms with Crippen molar-refractivity contribution in [3.8, 4) is 0 Å². The van der Waals surface area contributed by atoms with E-state index in [0.29, 0.717) is 12.5 Å². The number of sulfonamides is 1. The van der Waals surface area contributed by atoms with Gasteiger partial charge in [-0.25, -0.2) is 17.9 Å². The zero-order chi connectivity index (χ0) is 14.3. The lowest BCUT2D eigenvalue weighted by Gasteiger charge is -2.19. The number of carboxylic acid groups (broad SMARTS) is 1. The number of aromatic carboxylic acids is 1. The molecular formula is C12H17NO4S2. The number of rotatable bonds is 6. The van der Waals surface area contributed by atoms with Crippen molar-refractivity contribution in [1.82, 2.24) is 4.72 Å². The molecule has 0 aliphatic heterocycles. The first-order chi connectivity index (χ1) is 8.78. The highest BCUT2D eigenvalue weighted by Crippen LogP contribution is 2.51. The first kappa shape index (κ1) is 14.5. The lowest BCUT2D eigenvalue weighted by atomic mass is 9.93. The van der Waals surface area contributed by atoms with E-state index in [1.807, 2.05) is 0 Å². The van der Waals surface area contributed by atoms with Crippen LogP contribution in [0.25, 0.3) is 0 Å². The minimum absolute atomic E-state index is 0.0481. The molecule has 0 aromatic carbocycles. The van der Waals surface area contributed by atoms with Crippen LogP contribution >= 0.6 is 11.3 Å². The summed E-state index contributed by atoms with van der Waals surface area (Å²) in [6, 6.07) is 1.34. The summed E-state index contributed by atoms with van der Waals surface area (Å²) in [6.45, 7) is 4.53. The van der Waals surface area contributed by atoms with Gasteiger partial charge >= 0.3 is 5.97 Å². The molecular weight excluding hydrogens is 286 g/mol. The van der Waals surface area contributed by atoms with Crippen LogP contribution in [0.15, 0.2) is 16.3 Å². The zero-order valence-electron chi connectivity index (χ0n) is 10.8. The zero-order valence-corrected chi connectivity index (χ0v) is 12.5. The highest BCUT2D eigenvalue weighted by molar-refractivity contribution is 7.89. The molecule has 1 aromatic heterocycles. The molecule has 7 heteroatoms. The maximum atomic E-state index is 12.1. The number of hydrogen-bond donors (Lipinski definition) is 2. The van der Waals surface area contributed by atoms with E-state index in [-0.39, 0.29) is 15.2 Å². The third kappa shape index (κ3) is 2.82. The topological polar surface area (TPSA) is 83.5 Å². The molecule has 1 fully saturated rings. The van der Waals surface area contributed by atoms with Crippen LogP contribution in [0.1, 0.15) is 36.4 Å². The quantitative estimate of drug-likeness (QED) is 0.843. The molecule has 2 N–H and O–H groups in total. The fourth-order valence-electron chi connectivity index (χ4n) is 2.10. The third-order valence-corrected chi connectivity index (χ3v) is 6.32. The predicted molar refractivity (Wildman–Crippen MR) is 73.0 cm³/mol. The Balaban J connectivity index is 2.15. The lowest BCUT2D eigenvalue weighted by Crippen LogP contribution is -2.33. The molecule has 0 saturated heterocycles. The van der Waals surface area contributed by atoms with Crippen molar-refractivity contribution in [2.45, 2.75) is 31.6 Å². The van der Waals surface area contributed by atoms with Crippen molar-refractivity contribution in [3.05, 3.63) is 16.3 Å². The molecule has 0 radical (unpaired) electrons. The molecule has 0 bridgehead atoms. The van der Waals surface area contributed by atoms with Gasteiger partial charge in [0.25, 0.3) is 0 Å². The Bertz CT molecular complexity index is 585. The van der Waals surface area contributed by atoms with Gasteiger partial charge in [-0.05, 0) is 35.6 Å². The fourth-order valence-corrected chi connectivity index (χ4v) is 4.50. The average molecular weight is 303 g/mol. The molecule has 0 unspecified atom stereocenters. The summed E-state index contributed by atoms with van der Waals surface area (Å²) >= 11 is 0.921. The summed E-state index contributed by atoms with van der Waals surface area (Å²) in [7, 11) is -3.74. The van der Waals surface area contributed by atoms with Gasteiger partial charge in [0, 0.05) is 6.54 Å². The van der Waals surface area contributed by atoms with Crippen molar-refractivity contribution < 1.29 is 18.3 Å². The Morgan fingerprint density at radius 3 is 2.63 bits per heavy atom. The second kappa shape index (κ2) is 4.88. The van der Waals surface area contributed by atoms with Crippen LogP contribution in [0.3, 0.4) is 0 Å². The van der Waals surface area contributed by atoms with Gasteiger partial charge < -0.3 is 5.11 Å². The van der Waals surface area contributed by atoms with Crippen molar-refractivity contribution in [1.29, 1.82) is 0 Å². The highest BCUT2D eigenvalue weighted by Gasteiger charge is 2.45. The number of thiophene rings is 1. The van der Waals surface area contributed by atoms with Crippen molar-refractivity contribution >= 4 is 27.3 Å². The van der Waals surface area contributed by atoms with Crippen LogP contribution < -0.4 is 4.72 Å².